The largest absolute Gasteiger partial charge is 0.295 e. The van der Waals surface area contributed by atoms with Crippen molar-refractivity contribution in [3.8, 4) is 0 Å². The van der Waals surface area contributed by atoms with Crippen LogP contribution in [0.5, 0.6) is 0 Å². The van der Waals surface area contributed by atoms with Gasteiger partial charge in [-0.3, -0.25) is 4.79 Å². The lowest BCUT2D eigenvalue weighted by Gasteiger charge is -2.34. The summed E-state index contributed by atoms with van der Waals surface area (Å²) in [7, 11) is 0. The summed E-state index contributed by atoms with van der Waals surface area (Å²) < 4.78 is 0. The van der Waals surface area contributed by atoms with Gasteiger partial charge in [0.1, 0.15) is 0 Å². The molecule has 1 aliphatic heterocycles. The van der Waals surface area contributed by atoms with Crippen LogP contribution in [-0.2, 0) is 5.41 Å². The molecule has 0 amide bonds. The Morgan fingerprint density at radius 3 is 2.71 bits per heavy atom. The minimum absolute atomic E-state index is 0.0959. The third kappa shape index (κ3) is 2.13. The highest BCUT2D eigenvalue weighted by Gasteiger charge is 2.32. The van der Waals surface area contributed by atoms with E-state index in [1.807, 2.05) is 24.8 Å². The second-order valence-electron chi connectivity index (χ2n) is 5.27. The number of hydrogen-bond acceptors (Lipinski definition) is 2. The molecule has 0 N–H and O–H groups in total. The van der Waals surface area contributed by atoms with Crippen molar-refractivity contribution in [2.45, 2.75) is 44.4 Å². The molecular formula is C14H17ClOS. The molecule has 2 rings (SSSR count). The molecular weight excluding hydrogens is 252 g/mol. The van der Waals surface area contributed by atoms with Gasteiger partial charge < -0.3 is 0 Å². The molecule has 0 radical (unpaired) electrons. The minimum atomic E-state index is 0.0959. The Morgan fingerprint density at radius 2 is 2.12 bits per heavy atom. The van der Waals surface area contributed by atoms with E-state index >= 15 is 0 Å². The van der Waals surface area contributed by atoms with Crippen LogP contribution in [0, 0.1) is 6.92 Å². The monoisotopic (exact) mass is 268 g/mol. The molecule has 0 aromatic heterocycles. The molecule has 1 aliphatic rings. The first-order chi connectivity index (χ1) is 7.84. The lowest BCUT2D eigenvalue weighted by atomic mass is 9.78. The van der Waals surface area contributed by atoms with E-state index in [1.54, 1.807) is 6.92 Å². The molecule has 0 unspecified atom stereocenters. The molecule has 0 saturated heterocycles. The van der Waals surface area contributed by atoms with Crippen molar-refractivity contribution in [1.29, 1.82) is 0 Å². The molecule has 0 bridgehead atoms. The van der Waals surface area contributed by atoms with Crippen molar-refractivity contribution in [2.24, 2.45) is 0 Å². The number of thioether (sulfide) groups is 1. The van der Waals surface area contributed by atoms with Gasteiger partial charge in [0.05, 0.1) is 5.02 Å². The maximum Gasteiger partial charge on any atom is 0.160 e. The molecule has 0 spiro atoms. The van der Waals surface area contributed by atoms with E-state index in [9.17, 15) is 4.79 Å². The molecule has 17 heavy (non-hydrogen) atoms. The highest BCUT2D eigenvalue weighted by molar-refractivity contribution is 7.99. The lowest BCUT2D eigenvalue weighted by Crippen LogP contribution is -2.25. The predicted octanol–water partition coefficient (Wildman–Crippen LogP) is 4.62. The first kappa shape index (κ1) is 13.0. The summed E-state index contributed by atoms with van der Waals surface area (Å²) in [4.78, 5) is 12.8. The summed E-state index contributed by atoms with van der Waals surface area (Å²) in [6.45, 7) is 8.12. The third-order valence-electron chi connectivity index (χ3n) is 3.52. The molecule has 1 aromatic carbocycles. The summed E-state index contributed by atoms with van der Waals surface area (Å²) >= 11 is 8.13. The number of ketones is 1. The van der Waals surface area contributed by atoms with E-state index in [0.29, 0.717) is 0 Å². The van der Waals surface area contributed by atoms with E-state index in [4.69, 9.17) is 11.6 Å². The number of carbonyl (C=O) groups is 1. The fourth-order valence-electron chi connectivity index (χ4n) is 2.58. The first-order valence-corrected chi connectivity index (χ1v) is 7.18. The number of fused-ring (bicyclic) bond motifs is 1. The standard InChI is InChI=1S/C14H17ClOS/c1-8-10(9(2)16)7-11(15)13-12(8)14(3,4)5-6-17-13/h7H,5-6H2,1-4H3. The molecule has 0 aliphatic carbocycles. The van der Waals surface area contributed by atoms with Crippen molar-refractivity contribution in [2.75, 3.05) is 5.75 Å². The fourth-order valence-corrected chi connectivity index (χ4v) is 4.53. The first-order valence-electron chi connectivity index (χ1n) is 5.82. The van der Waals surface area contributed by atoms with Gasteiger partial charge in [0.2, 0.25) is 0 Å². The smallest absolute Gasteiger partial charge is 0.160 e. The lowest BCUT2D eigenvalue weighted by molar-refractivity contribution is 0.101. The van der Waals surface area contributed by atoms with Crippen molar-refractivity contribution < 1.29 is 4.79 Å². The summed E-state index contributed by atoms with van der Waals surface area (Å²) in [6, 6.07) is 1.83. The van der Waals surface area contributed by atoms with Gasteiger partial charge in [-0.2, -0.15) is 0 Å². The topological polar surface area (TPSA) is 17.1 Å². The van der Waals surface area contributed by atoms with E-state index in [1.165, 1.54) is 10.5 Å². The van der Waals surface area contributed by atoms with E-state index in [-0.39, 0.29) is 11.2 Å². The third-order valence-corrected chi connectivity index (χ3v) is 5.05. The molecule has 1 aromatic rings. The molecule has 3 heteroatoms. The molecule has 1 heterocycles. The average Bonchev–Trinajstić information content (AvgIpc) is 2.21. The van der Waals surface area contributed by atoms with Crippen LogP contribution in [0.4, 0.5) is 0 Å². The number of hydrogen-bond donors (Lipinski definition) is 0. The molecule has 92 valence electrons. The Hall–Kier alpha value is -0.470. The van der Waals surface area contributed by atoms with Crippen LogP contribution >= 0.6 is 23.4 Å². The van der Waals surface area contributed by atoms with Crippen LogP contribution in [0.15, 0.2) is 11.0 Å². The molecule has 0 saturated carbocycles. The Balaban J connectivity index is 2.76. The maximum absolute atomic E-state index is 11.6. The number of halogens is 1. The Labute approximate surface area is 112 Å². The molecule has 1 nitrogen and oxygen atoms in total. The maximum atomic E-state index is 11.6. The fraction of sp³-hybridized carbons (Fsp3) is 0.500. The van der Waals surface area contributed by atoms with E-state index < -0.39 is 0 Å². The summed E-state index contributed by atoms with van der Waals surface area (Å²) in [6.07, 6.45) is 1.13. The van der Waals surface area contributed by atoms with Crippen LogP contribution in [0.3, 0.4) is 0 Å². The second-order valence-corrected chi connectivity index (χ2v) is 6.79. The number of benzene rings is 1. The van der Waals surface area contributed by atoms with Crippen LogP contribution < -0.4 is 0 Å². The number of carbonyl (C=O) groups excluding carboxylic acids is 1. The second kappa shape index (κ2) is 4.33. The summed E-state index contributed by atoms with van der Waals surface area (Å²) in [5, 5.41) is 0.730. The highest BCUT2D eigenvalue weighted by atomic mass is 35.5. The quantitative estimate of drug-likeness (QED) is 0.691. The van der Waals surface area contributed by atoms with Crippen LogP contribution in [0.1, 0.15) is 48.7 Å². The van der Waals surface area contributed by atoms with Crippen molar-refractivity contribution in [3.63, 3.8) is 0 Å². The highest BCUT2D eigenvalue weighted by Crippen LogP contribution is 2.47. The Morgan fingerprint density at radius 1 is 1.47 bits per heavy atom. The zero-order valence-corrected chi connectivity index (χ0v) is 12.3. The van der Waals surface area contributed by atoms with Gasteiger partial charge in [0.25, 0.3) is 0 Å². The Kier molecular flexibility index (Phi) is 3.30. The minimum Gasteiger partial charge on any atom is -0.295 e. The summed E-state index contributed by atoms with van der Waals surface area (Å²) in [5.41, 5.74) is 3.25. The van der Waals surface area contributed by atoms with Gasteiger partial charge in [0.15, 0.2) is 5.78 Å². The van der Waals surface area contributed by atoms with Gasteiger partial charge >= 0.3 is 0 Å². The van der Waals surface area contributed by atoms with Crippen molar-refractivity contribution >= 4 is 29.1 Å². The predicted molar refractivity (Wildman–Crippen MR) is 74.6 cm³/mol. The van der Waals surface area contributed by atoms with Gasteiger partial charge in [-0.25, -0.2) is 0 Å². The normalized spacial score (nSPS) is 17.7. The van der Waals surface area contributed by atoms with Crippen LogP contribution in [0.25, 0.3) is 0 Å². The van der Waals surface area contributed by atoms with Gasteiger partial charge in [-0.05, 0) is 48.6 Å². The molecule has 0 fully saturated rings. The van der Waals surface area contributed by atoms with Crippen molar-refractivity contribution in [1.82, 2.24) is 0 Å². The van der Waals surface area contributed by atoms with Crippen molar-refractivity contribution in [3.05, 3.63) is 27.8 Å². The summed E-state index contributed by atoms with van der Waals surface area (Å²) in [5.74, 6) is 1.19. The Bertz CT molecular complexity index is 491. The van der Waals surface area contributed by atoms with E-state index in [0.717, 1.165) is 28.3 Å². The average molecular weight is 269 g/mol. The van der Waals surface area contributed by atoms with Crippen LogP contribution in [-0.4, -0.2) is 11.5 Å². The SMILES string of the molecule is CC(=O)c1cc(Cl)c2c(c1C)C(C)(C)CCS2. The number of Topliss-reactive ketones (excluding diaryl/α,β-unsaturated/α-hetero) is 1. The molecule has 0 atom stereocenters. The van der Waals surface area contributed by atoms with Gasteiger partial charge in [-0.1, -0.05) is 25.4 Å². The zero-order valence-electron chi connectivity index (χ0n) is 10.7. The zero-order chi connectivity index (χ0) is 12.8. The van der Waals surface area contributed by atoms with Gasteiger partial charge in [-0.15, -0.1) is 11.8 Å². The van der Waals surface area contributed by atoms with Gasteiger partial charge in [0, 0.05) is 10.5 Å². The van der Waals surface area contributed by atoms with Crippen LogP contribution in [0.2, 0.25) is 5.02 Å². The number of rotatable bonds is 1. The van der Waals surface area contributed by atoms with E-state index in [2.05, 4.69) is 13.8 Å².